The second-order valence-corrected chi connectivity index (χ2v) is 4.80. The smallest absolute Gasteiger partial charge is 0.322 e. The Morgan fingerprint density at radius 3 is 2.13 bits per heavy atom. The quantitative estimate of drug-likeness (QED) is 0.904. The van der Waals surface area contributed by atoms with Crippen molar-refractivity contribution >= 4 is 23.2 Å². The van der Waals surface area contributed by atoms with Crippen molar-refractivity contribution in [1.29, 1.82) is 0 Å². The van der Waals surface area contributed by atoms with Crippen LogP contribution in [-0.2, 0) is 4.79 Å². The highest BCUT2D eigenvalue weighted by atomic mass is 19.4. The topological polar surface area (TPSA) is 58.2 Å². The fraction of sp³-hybridized carbons (Fsp3) is 0.125. The van der Waals surface area contributed by atoms with E-state index in [1.807, 2.05) is 0 Å². The van der Waals surface area contributed by atoms with Crippen molar-refractivity contribution in [3.05, 3.63) is 59.7 Å². The van der Waals surface area contributed by atoms with E-state index in [1.165, 1.54) is 24.3 Å². The first-order valence-corrected chi connectivity index (χ1v) is 6.62. The second-order valence-electron chi connectivity index (χ2n) is 4.80. The van der Waals surface area contributed by atoms with E-state index in [0.29, 0.717) is 5.56 Å². The van der Waals surface area contributed by atoms with Crippen molar-refractivity contribution in [2.24, 2.45) is 0 Å². The maximum Gasteiger partial charge on any atom is 0.471 e. The van der Waals surface area contributed by atoms with Gasteiger partial charge in [-0.15, -0.1) is 0 Å². The minimum Gasteiger partial charge on any atom is -0.322 e. The van der Waals surface area contributed by atoms with Crippen molar-refractivity contribution in [2.75, 3.05) is 10.6 Å². The van der Waals surface area contributed by atoms with Crippen LogP contribution in [0.1, 0.15) is 15.9 Å². The molecule has 0 radical (unpaired) electrons. The number of anilines is 2. The lowest BCUT2D eigenvalue weighted by Gasteiger charge is -2.11. The van der Waals surface area contributed by atoms with E-state index >= 15 is 0 Å². The van der Waals surface area contributed by atoms with Crippen LogP contribution in [0.5, 0.6) is 0 Å². The van der Waals surface area contributed by atoms with E-state index in [-0.39, 0.29) is 17.3 Å². The molecule has 0 aliphatic heterocycles. The molecule has 2 rings (SSSR count). The molecule has 2 amide bonds. The number of carbonyl (C=O) groups excluding carboxylic acids is 2. The van der Waals surface area contributed by atoms with Gasteiger partial charge in [0.25, 0.3) is 5.91 Å². The Balaban J connectivity index is 2.13. The SMILES string of the molecule is Cc1ccccc1C(=O)Nc1cccc(NC(=O)C(F)(F)F)c1. The van der Waals surface area contributed by atoms with Gasteiger partial charge < -0.3 is 10.6 Å². The normalized spacial score (nSPS) is 11.0. The Kier molecular flexibility index (Phi) is 4.68. The lowest BCUT2D eigenvalue weighted by molar-refractivity contribution is -0.167. The molecule has 2 aromatic rings. The van der Waals surface area contributed by atoms with Crippen LogP contribution < -0.4 is 10.6 Å². The van der Waals surface area contributed by atoms with Gasteiger partial charge in [-0.2, -0.15) is 13.2 Å². The van der Waals surface area contributed by atoms with Crippen LogP contribution in [0.4, 0.5) is 24.5 Å². The minimum atomic E-state index is -4.97. The van der Waals surface area contributed by atoms with Gasteiger partial charge in [-0.3, -0.25) is 9.59 Å². The summed E-state index contributed by atoms with van der Waals surface area (Å²) in [5.74, 6) is -2.46. The molecule has 0 aliphatic carbocycles. The molecule has 0 bridgehead atoms. The minimum absolute atomic E-state index is 0.0603. The zero-order valence-corrected chi connectivity index (χ0v) is 12.1. The highest BCUT2D eigenvalue weighted by Crippen LogP contribution is 2.21. The number of alkyl halides is 3. The number of hydrogen-bond acceptors (Lipinski definition) is 2. The zero-order valence-electron chi connectivity index (χ0n) is 12.1. The summed E-state index contributed by atoms with van der Waals surface area (Å²) in [6.45, 7) is 1.77. The Bertz CT molecular complexity index is 742. The maximum absolute atomic E-state index is 12.2. The Morgan fingerprint density at radius 2 is 1.52 bits per heavy atom. The van der Waals surface area contributed by atoms with Gasteiger partial charge in [0.05, 0.1) is 0 Å². The van der Waals surface area contributed by atoms with E-state index in [0.717, 1.165) is 5.56 Å². The zero-order chi connectivity index (χ0) is 17.0. The number of halogens is 3. The molecule has 2 aromatic carbocycles. The molecule has 2 N–H and O–H groups in total. The molecule has 23 heavy (non-hydrogen) atoms. The van der Waals surface area contributed by atoms with Crippen molar-refractivity contribution in [3.8, 4) is 0 Å². The molecule has 0 saturated heterocycles. The predicted molar refractivity (Wildman–Crippen MR) is 80.3 cm³/mol. The lowest BCUT2D eigenvalue weighted by Crippen LogP contribution is -2.29. The molecular weight excluding hydrogens is 309 g/mol. The first kappa shape index (κ1) is 16.5. The number of nitrogens with one attached hydrogen (secondary N) is 2. The average Bonchev–Trinajstić information content (AvgIpc) is 2.47. The molecule has 120 valence electrons. The molecule has 0 heterocycles. The summed E-state index contributed by atoms with van der Waals surface area (Å²) in [4.78, 5) is 23.1. The summed E-state index contributed by atoms with van der Waals surface area (Å²) < 4.78 is 36.7. The maximum atomic E-state index is 12.2. The van der Waals surface area contributed by atoms with Gasteiger partial charge in [-0.25, -0.2) is 0 Å². The first-order chi connectivity index (χ1) is 10.8. The van der Waals surface area contributed by atoms with E-state index < -0.39 is 12.1 Å². The van der Waals surface area contributed by atoms with Gasteiger partial charge in [0.15, 0.2) is 0 Å². The number of aryl methyl sites for hydroxylation is 1. The summed E-state index contributed by atoms with van der Waals surface area (Å²) in [5, 5.41) is 4.31. The van der Waals surface area contributed by atoms with Crippen molar-refractivity contribution in [2.45, 2.75) is 13.1 Å². The largest absolute Gasteiger partial charge is 0.471 e. The summed E-state index contributed by atoms with van der Waals surface area (Å²) >= 11 is 0. The fourth-order valence-electron chi connectivity index (χ4n) is 1.90. The number of hydrogen-bond donors (Lipinski definition) is 2. The Hall–Kier alpha value is -2.83. The molecule has 0 atom stereocenters. The van der Waals surface area contributed by atoms with Crippen LogP contribution >= 0.6 is 0 Å². The molecule has 0 saturated carbocycles. The predicted octanol–water partition coefficient (Wildman–Crippen LogP) is 3.75. The Labute approximate surface area is 130 Å². The third-order valence-electron chi connectivity index (χ3n) is 3.03. The molecule has 0 aliphatic rings. The summed E-state index contributed by atoms with van der Waals surface area (Å²) in [6.07, 6.45) is -4.97. The van der Waals surface area contributed by atoms with Gasteiger partial charge in [-0.05, 0) is 36.8 Å². The van der Waals surface area contributed by atoms with Crippen molar-refractivity contribution in [3.63, 3.8) is 0 Å². The first-order valence-electron chi connectivity index (χ1n) is 6.62. The van der Waals surface area contributed by atoms with Crippen LogP contribution in [0.2, 0.25) is 0 Å². The van der Waals surface area contributed by atoms with Crippen LogP contribution in [0.3, 0.4) is 0 Å². The monoisotopic (exact) mass is 322 g/mol. The number of rotatable bonds is 3. The second kappa shape index (κ2) is 6.51. The highest BCUT2D eigenvalue weighted by molar-refractivity contribution is 6.05. The number of amides is 2. The van der Waals surface area contributed by atoms with Crippen molar-refractivity contribution in [1.82, 2.24) is 0 Å². The number of carbonyl (C=O) groups is 2. The third-order valence-corrected chi connectivity index (χ3v) is 3.03. The summed E-state index contributed by atoms with van der Waals surface area (Å²) in [7, 11) is 0. The summed E-state index contributed by atoms with van der Waals surface area (Å²) in [6, 6.07) is 12.4. The van der Waals surface area contributed by atoms with Gasteiger partial charge in [0, 0.05) is 16.9 Å². The molecule has 0 unspecified atom stereocenters. The van der Waals surface area contributed by atoms with E-state index in [2.05, 4.69) is 5.32 Å². The average molecular weight is 322 g/mol. The van der Waals surface area contributed by atoms with Crippen LogP contribution in [0.15, 0.2) is 48.5 Å². The van der Waals surface area contributed by atoms with Gasteiger partial charge in [-0.1, -0.05) is 24.3 Å². The lowest BCUT2D eigenvalue weighted by atomic mass is 10.1. The van der Waals surface area contributed by atoms with Crippen LogP contribution in [0, 0.1) is 6.92 Å². The molecular formula is C16H13F3N2O2. The molecule has 4 nitrogen and oxygen atoms in total. The molecule has 0 aromatic heterocycles. The Morgan fingerprint density at radius 1 is 0.913 bits per heavy atom. The van der Waals surface area contributed by atoms with Crippen LogP contribution in [-0.4, -0.2) is 18.0 Å². The van der Waals surface area contributed by atoms with Crippen LogP contribution in [0.25, 0.3) is 0 Å². The standard InChI is InChI=1S/C16H13F3N2O2/c1-10-5-2-3-8-13(10)14(22)20-11-6-4-7-12(9-11)21-15(23)16(17,18)19/h2-9H,1H3,(H,20,22)(H,21,23). The molecule has 7 heteroatoms. The fourth-order valence-corrected chi connectivity index (χ4v) is 1.90. The number of benzene rings is 2. The third kappa shape index (κ3) is 4.32. The van der Waals surface area contributed by atoms with Gasteiger partial charge >= 0.3 is 12.1 Å². The molecule has 0 spiro atoms. The van der Waals surface area contributed by atoms with Crippen molar-refractivity contribution < 1.29 is 22.8 Å². The van der Waals surface area contributed by atoms with Gasteiger partial charge in [0.1, 0.15) is 0 Å². The van der Waals surface area contributed by atoms with Gasteiger partial charge in [0.2, 0.25) is 0 Å². The molecule has 0 fully saturated rings. The highest BCUT2D eigenvalue weighted by Gasteiger charge is 2.38. The van der Waals surface area contributed by atoms with E-state index in [4.69, 9.17) is 0 Å². The van der Waals surface area contributed by atoms with E-state index in [9.17, 15) is 22.8 Å². The summed E-state index contributed by atoms with van der Waals surface area (Å²) in [5.41, 5.74) is 1.44. The van der Waals surface area contributed by atoms with E-state index in [1.54, 1.807) is 36.5 Å².